The fourth-order valence-corrected chi connectivity index (χ4v) is 2.28. The molecule has 2 atom stereocenters. The Morgan fingerprint density at radius 2 is 2.11 bits per heavy atom. The quantitative estimate of drug-likeness (QED) is 0.749. The van der Waals surface area contributed by atoms with E-state index in [9.17, 15) is 0 Å². The van der Waals surface area contributed by atoms with Gasteiger partial charge in [-0.25, -0.2) is 0 Å². The van der Waals surface area contributed by atoms with Crippen molar-refractivity contribution in [3.8, 4) is 6.07 Å². The fourth-order valence-electron chi connectivity index (χ4n) is 2.28. The molecule has 0 aliphatic heterocycles. The minimum absolute atomic E-state index is 0.309. The molecule has 1 aromatic carbocycles. The number of unbranched alkanes of at least 4 members (excludes halogenated alkanes) is 1. The van der Waals surface area contributed by atoms with E-state index in [4.69, 9.17) is 5.26 Å². The van der Waals surface area contributed by atoms with Gasteiger partial charge in [0.15, 0.2) is 0 Å². The smallest absolute Gasteiger partial charge is 0.0991 e. The second-order valence-corrected chi connectivity index (χ2v) is 5.28. The number of nitrogens with zero attached hydrogens (tertiary/aromatic N) is 1. The van der Waals surface area contributed by atoms with E-state index >= 15 is 0 Å². The predicted molar refractivity (Wildman–Crippen MR) is 80.9 cm³/mol. The van der Waals surface area contributed by atoms with Gasteiger partial charge < -0.3 is 5.32 Å². The molecule has 19 heavy (non-hydrogen) atoms. The molecule has 0 saturated carbocycles. The first-order valence-electron chi connectivity index (χ1n) is 7.44. The van der Waals surface area contributed by atoms with Crippen LogP contribution in [0.1, 0.15) is 63.6 Å². The molecule has 0 aromatic heterocycles. The lowest BCUT2D eigenvalue weighted by molar-refractivity contribution is 0.398. The molecule has 0 aliphatic rings. The number of hydrogen-bond acceptors (Lipinski definition) is 2. The van der Waals surface area contributed by atoms with E-state index in [0.29, 0.717) is 6.04 Å². The summed E-state index contributed by atoms with van der Waals surface area (Å²) in [5.74, 6) is 0.765. The Kier molecular flexibility index (Phi) is 7.22. The van der Waals surface area contributed by atoms with Gasteiger partial charge in [-0.1, -0.05) is 45.2 Å². The molecule has 2 nitrogen and oxygen atoms in total. The molecular weight excluding hydrogens is 232 g/mol. The van der Waals surface area contributed by atoms with E-state index in [2.05, 4.69) is 38.2 Å². The second-order valence-electron chi connectivity index (χ2n) is 5.28. The maximum absolute atomic E-state index is 8.93. The van der Waals surface area contributed by atoms with Gasteiger partial charge in [-0.2, -0.15) is 5.26 Å². The van der Waals surface area contributed by atoms with E-state index in [1.54, 1.807) is 0 Å². The molecule has 0 aliphatic carbocycles. The summed E-state index contributed by atoms with van der Waals surface area (Å²) in [6.07, 6.45) is 5.14. The molecule has 0 spiro atoms. The van der Waals surface area contributed by atoms with Gasteiger partial charge in [0.1, 0.15) is 0 Å². The van der Waals surface area contributed by atoms with Crippen LogP contribution in [0.25, 0.3) is 0 Å². The molecule has 2 heteroatoms. The van der Waals surface area contributed by atoms with E-state index in [-0.39, 0.29) is 0 Å². The Bertz CT molecular complexity index is 406. The highest BCUT2D eigenvalue weighted by Crippen LogP contribution is 2.16. The van der Waals surface area contributed by atoms with Crippen molar-refractivity contribution in [3.05, 3.63) is 35.4 Å². The average molecular weight is 258 g/mol. The lowest BCUT2D eigenvalue weighted by Crippen LogP contribution is -2.25. The van der Waals surface area contributed by atoms with Crippen LogP contribution >= 0.6 is 0 Å². The molecule has 1 rings (SSSR count). The first-order chi connectivity index (χ1) is 9.21. The molecule has 0 amide bonds. The Morgan fingerprint density at radius 3 is 2.74 bits per heavy atom. The summed E-state index contributed by atoms with van der Waals surface area (Å²) >= 11 is 0. The van der Waals surface area contributed by atoms with Gasteiger partial charge in [0.05, 0.1) is 11.6 Å². The highest BCUT2D eigenvalue weighted by Gasteiger charge is 2.10. The van der Waals surface area contributed by atoms with Gasteiger partial charge in [0.2, 0.25) is 0 Å². The minimum Gasteiger partial charge on any atom is -0.310 e. The third kappa shape index (κ3) is 5.44. The highest BCUT2D eigenvalue weighted by atomic mass is 14.9. The second kappa shape index (κ2) is 8.72. The molecule has 1 N–H and O–H groups in total. The molecular formula is C17H26N2. The topological polar surface area (TPSA) is 35.8 Å². The van der Waals surface area contributed by atoms with Crippen LogP contribution in [0.4, 0.5) is 0 Å². The minimum atomic E-state index is 0.309. The Hall–Kier alpha value is -1.33. The van der Waals surface area contributed by atoms with Crippen LogP contribution in [0.2, 0.25) is 0 Å². The van der Waals surface area contributed by atoms with Crippen molar-refractivity contribution in [3.63, 3.8) is 0 Å². The van der Waals surface area contributed by atoms with Crippen LogP contribution in [0.5, 0.6) is 0 Å². The maximum atomic E-state index is 8.93. The lowest BCUT2D eigenvalue weighted by Gasteiger charge is -2.20. The summed E-state index contributed by atoms with van der Waals surface area (Å²) in [4.78, 5) is 0. The Balaban J connectivity index is 2.49. The Morgan fingerprint density at radius 1 is 1.32 bits per heavy atom. The van der Waals surface area contributed by atoms with E-state index in [1.807, 2.05) is 18.2 Å². The summed E-state index contributed by atoms with van der Waals surface area (Å²) < 4.78 is 0. The summed E-state index contributed by atoms with van der Waals surface area (Å²) in [7, 11) is 0. The van der Waals surface area contributed by atoms with Crippen molar-refractivity contribution < 1.29 is 0 Å². The van der Waals surface area contributed by atoms with Crippen molar-refractivity contribution in [1.82, 2.24) is 5.32 Å². The third-order valence-electron chi connectivity index (χ3n) is 3.77. The lowest BCUT2D eigenvalue weighted by atomic mass is 9.98. The van der Waals surface area contributed by atoms with E-state index in [1.165, 1.54) is 31.2 Å². The van der Waals surface area contributed by atoms with Crippen molar-refractivity contribution in [2.24, 2.45) is 5.92 Å². The van der Waals surface area contributed by atoms with E-state index in [0.717, 1.165) is 18.0 Å². The monoisotopic (exact) mass is 258 g/mol. The maximum Gasteiger partial charge on any atom is 0.0991 e. The zero-order valence-electron chi connectivity index (χ0n) is 12.4. The van der Waals surface area contributed by atoms with Gasteiger partial charge in [-0.05, 0) is 43.5 Å². The van der Waals surface area contributed by atoms with Crippen molar-refractivity contribution in [2.75, 3.05) is 6.54 Å². The standard InChI is InChI=1S/C17H26N2/c1-4-6-8-15(5-2)13-19-14(3)17-10-7-9-16(11-17)12-18/h7,9-11,14-15,19H,4-6,8,13H2,1-3H3. The van der Waals surface area contributed by atoms with Crippen molar-refractivity contribution in [1.29, 1.82) is 5.26 Å². The van der Waals surface area contributed by atoms with Crippen LogP contribution < -0.4 is 5.32 Å². The van der Waals surface area contributed by atoms with Crippen LogP contribution in [0, 0.1) is 17.2 Å². The summed E-state index contributed by atoms with van der Waals surface area (Å²) in [6, 6.07) is 10.4. The Labute approximate surface area is 117 Å². The molecule has 0 saturated heterocycles. The van der Waals surface area contributed by atoms with Gasteiger partial charge in [0.25, 0.3) is 0 Å². The first kappa shape index (κ1) is 15.7. The summed E-state index contributed by atoms with van der Waals surface area (Å²) in [5, 5.41) is 12.5. The number of hydrogen-bond donors (Lipinski definition) is 1. The highest BCUT2D eigenvalue weighted by molar-refractivity contribution is 5.33. The van der Waals surface area contributed by atoms with Crippen LogP contribution in [0.3, 0.4) is 0 Å². The summed E-state index contributed by atoms with van der Waals surface area (Å²) in [5.41, 5.74) is 1.94. The predicted octanol–water partition coefficient (Wildman–Crippen LogP) is 4.43. The number of nitriles is 1. The van der Waals surface area contributed by atoms with Crippen LogP contribution in [-0.4, -0.2) is 6.54 Å². The third-order valence-corrected chi connectivity index (χ3v) is 3.77. The van der Waals surface area contributed by atoms with Gasteiger partial charge >= 0.3 is 0 Å². The van der Waals surface area contributed by atoms with Crippen molar-refractivity contribution in [2.45, 2.75) is 52.5 Å². The molecule has 0 radical (unpaired) electrons. The summed E-state index contributed by atoms with van der Waals surface area (Å²) in [6.45, 7) is 7.75. The number of nitrogens with one attached hydrogen (secondary N) is 1. The first-order valence-corrected chi connectivity index (χ1v) is 7.44. The van der Waals surface area contributed by atoms with Crippen molar-refractivity contribution >= 4 is 0 Å². The normalized spacial score (nSPS) is 13.8. The van der Waals surface area contributed by atoms with Gasteiger partial charge in [-0.3, -0.25) is 0 Å². The zero-order valence-corrected chi connectivity index (χ0v) is 12.4. The zero-order chi connectivity index (χ0) is 14.1. The number of rotatable bonds is 8. The molecule has 2 unspecified atom stereocenters. The molecule has 0 fully saturated rings. The fraction of sp³-hybridized carbons (Fsp3) is 0.588. The van der Waals surface area contributed by atoms with Crippen LogP contribution in [0.15, 0.2) is 24.3 Å². The number of benzene rings is 1. The SMILES string of the molecule is CCCCC(CC)CNC(C)c1cccc(C#N)c1. The molecule has 0 heterocycles. The largest absolute Gasteiger partial charge is 0.310 e. The molecule has 0 bridgehead atoms. The van der Waals surface area contributed by atoms with Crippen LogP contribution in [-0.2, 0) is 0 Å². The molecule has 1 aromatic rings. The average Bonchev–Trinajstić information content (AvgIpc) is 2.47. The van der Waals surface area contributed by atoms with Gasteiger partial charge in [-0.15, -0.1) is 0 Å². The molecule has 104 valence electrons. The van der Waals surface area contributed by atoms with Gasteiger partial charge in [0, 0.05) is 6.04 Å². The van der Waals surface area contributed by atoms with E-state index < -0.39 is 0 Å².